The van der Waals surface area contributed by atoms with Gasteiger partial charge in [-0.2, -0.15) is 5.10 Å². The predicted molar refractivity (Wildman–Crippen MR) is 113 cm³/mol. The highest BCUT2D eigenvalue weighted by atomic mass is 79.9. The molecule has 8 heteroatoms. The van der Waals surface area contributed by atoms with Crippen LogP contribution >= 0.6 is 27.3 Å². The Balaban J connectivity index is 1.55. The number of nitrogens with two attached hydrogens (primary N) is 1. The highest BCUT2D eigenvalue weighted by Crippen LogP contribution is 2.39. The van der Waals surface area contributed by atoms with Crippen LogP contribution in [0.4, 0.5) is 8.78 Å². The highest BCUT2D eigenvalue weighted by molar-refractivity contribution is 9.10. The Kier molecular flexibility index (Phi) is 5.94. The smallest absolute Gasteiger partial charge is 0.173 e. The van der Waals surface area contributed by atoms with E-state index in [0.717, 1.165) is 47.2 Å². The number of ketones is 1. The quantitative estimate of drug-likeness (QED) is 0.506. The number of Topliss-reactive ketones (excluding diaryl/α,β-unsaturated/α-hetero) is 1. The minimum atomic E-state index is -0.493. The highest BCUT2D eigenvalue weighted by Gasteiger charge is 2.24. The van der Waals surface area contributed by atoms with Gasteiger partial charge in [-0.15, -0.1) is 11.3 Å². The summed E-state index contributed by atoms with van der Waals surface area (Å²) in [6.45, 7) is 1.07. The summed E-state index contributed by atoms with van der Waals surface area (Å²) in [7, 11) is 0. The molecule has 1 unspecified atom stereocenters. The molecule has 0 bridgehead atoms. The lowest BCUT2D eigenvalue weighted by Gasteiger charge is -2.14. The van der Waals surface area contributed by atoms with E-state index in [1.165, 1.54) is 22.3 Å². The third kappa shape index (κ3) is 4.20. The van der Waals surface area contributed by atoms with E-state index in [-0.39, 0.29) is 36.7 Å². The first-order valence-electron chi connectivity index (χ1n) is 9.48. The molecular weight excluding hydrogens is 460 g/mol. The van der Waals surface area contributed by atoms with Gasteiger partial charge in [0, 0.05) is 23.4 Å². The molecule has 152 valence electrons. The molecule has 3 aromatic rings. The van der Waals surface area contributed by atoms with Gasteiger partial charge in [-0.3, -0.25) is 9.48 Å². The van der Waals surface area contributed by atoms with Crippen LogP contribution in [0.3, 0.4) is 0 Å². The second-order valence-electron chi connectivity index (χ2n) is 7.28. The van der Waals surface area contributed by atoms with Crippen molar-refractivity contribution in [3.8, 4) is 11.3 Å². The molecule has 0 aliphatic carbocycles. The van der Waals surface area contributed by atoms with Gasteiger partial charge >= 0.3 is 0 Å². The number of aromatic nitrogens is 2. The molecule has 4 nitrogen and oxygen atoms in total. The molecule has 0 amide bonds. The van der Waals surface area contributed by atoms with Gasteiger partial charge in [0.15, 0.2) is 5.78 Å². The Morgan fingerprint density at radius 3 is 2.97 bits per heavy atom. The maximum Gasteiger partial charge on any atom is 0.173 e. The van der Waals surface area contributed by atoms with E-state index in [2.05, 4.69) is 21.0 Å². The van der Waals surface area contributed by atoms with Crippen molar-refractivity contribution in [2.45, 2.75) is 32.2 Å². The molecule has 2 N–H and O–H groups in total. The molecule has 0 spiro atoms. The molecule has 1 atom stereocenters. The molecule has 1 aliphatic heterocycles. The van der Waals surface area contributed by atoms with Crippen molar-refractivity contribution < 1.29 is 13.6 Å². The van der Waals surface area contributed by atoms with Crippen LogP contribution in [0, 0.1) is 17.6 Å². The number of rotatable bonds is 6. The van der Waals surface area contributed by atoms with Crippen LogP contribution in [-0.4, -0.2) is 22.1 Å². The number of fused-ring (bicyclic) bond motifs is 3. The van der Waals surface area contributed by atoms with Crippen molar-refractivity contribution in [2.24, 2.45) is 11.7 Å². The zero-order valence-corrected chi connectivity index (χ0v) is 18.0. The van der Waals surface area contributed by atoms with E-state index < -0.39 is 11.6 Å². The Bertz CT molecular complexity index is 1060. The third-order valence-corrected chi connectivity index (χ3v) is 7.05. The van der Waals surface area contributed by atoms with Gasteiger partial charge in [0.05, 0.1) is 21.2 Å². The van der Waals surface area contributed by atoms with Gasteiger partial charge in [-0.1, -0.05) is 0 Å². The fourth-order valence-corrected chi connectivity index (χ4v) is 5.42. The first-order chi connectivity index (χ1) is 14.0. The fraction of sp³-hybridized carbons (Fsp3) is 0.333. The molecule has 0 radical (unpaired) electrons. The summed E-state index contributed by atoms with van der Waals surface area (Å²) < 4.78 is 30.3. The number of hydrogen-bond acceptors (Lipinski definition) is 4. The van der Waals surface area contributed by atoms with Crippen molar-refractivity contribution in [3.05, 3.63) is 61.9 Å². The van der Waals surface area contributed by atoms with Crippen molar-refractivity contribution >= 4 is 33.0 Å². The Hall–Kier alpha value is -1.90. The first-order valence-corrected chi connectivity index (χ1v) is 11.1. The molecule has 3 heterocycles. The number of carbonyl (C=O) groups excluding carboxylic acids is 1. The number of benzene rings is 1. The standard InChI is InChI=1S/C21H20BrF2N3OS/c22-16-11-26-27-5-1-2-19-15(21(16)27)9-20(29-19)18(28)7-12(10-25)6-13-8-14(23)3-4-17(13)24/h3-4,8-9,11-12H,1-2,5-7,10,25H2. The Morgan fingerprint density at radius 1 is 1.34 bits per heavy atom. The van der Waals surface area contributed by atoms with Crippen LogP contribution in [0.25, 0.3) is 11.3 Å². The van der Waals surface area contributed by atoms with Crippen molar-refractivity contribution in [1.82, 2.24) is 9.78 Å². The van der Waals surface area contributed by atoms with E-state index >= 15 is 0 Å². The summed E-state index contributed by atoms with van der Waals surface area (Å²) in [5.41, 5.74) is 8.14. The second-order valence-corrected chi connectivity index (χ2v) is 9.28. The average molecular weight is 480 g/mol. The Labute approximate surface area is 179 Å². The van der Waals surface area contributed by atoms with Gasteiger partial charge in [0.25, 0.3) is 0 Å². The van der Waals surface area contributed by atoms with Crippen LogP contribution in [-0.2, 0) is 19.4 Å². The van der Waals surface area contributed by atoms with Crippen molar-refractivity contribution in [3.63, 3.8) is 0 Å². The van der Waals surface area contributed by atoms with E-state index in [4.69, 9.17) is 5.73 Å². The van der Waals surface area contributed by atoms with E-state index in [1.807, 2.05) is 10.7 Å². The second kappa shape index (κ2) is 8.45. The van der Waals surface area contributed by atoms with E-state index in [1.54, 1.807) is 6.20 Å². The first kappa shape index (κ1) is 20.4. The van der Waals surface area contributed by atoms with Gasteiger partial charge in [-0.05, 0) is 77.5 Å². The topological polar surface area (TPSA) is 60.9 Å². The molecule has 0 saturated heterocycles. The molecule has 29 heavy (non-hydrogen) atoms. The van der Waals surface area contributed by atoms with Gasteiger partial charge < -0.3 is 5.73 Å². The van der Waals surface area contributed by atoms with Gasteiger partial charge in [-0.25, -0.2) is 8.78 Å². The van der Waals surface area contributed by atoms with Crippen molar-refractivity contribution in [1.29, 1.82) is 0 Å². The van der Waals surface area contributed by atoms with Crippen LogP contribution in [0.2, 0.25) is 0 Å². The van der Waals surface area contributed by atoms with Crippen LogP contribution in [0.15, 0.2) is 34.9 Å². The summed E-state index contributed by atoms with van der Waals surface area (Å²) in [6, 6.07) is 5.30. The van der Waals surface area contributed by atoms with E-state index in [9.17, 15) is 13.6 Å². The average Bonchev–Trinajstić information content (AvgIpc) is 3.23. The number of carbonyl (C=O) groups is 1. The molecule has 1 aromatic carbocycles. The molecule has 1 aliphatic rings. The fourth-order valence-electron chi connectivity index (χ4n) is 3.75. The zero-order valence-electron chi connectivity index (χ0n) is 15.6. The molecule has 4 rings (SSSR count). The normalized spacial score (nSPS) is 14.2. The Morgan fingerprint density at radius 2 is 2.17 bits per heavy atom. The number of halogens is 3. The molecule has 0 fully saturated rings. The number of nitrogens with zero attached hydrogens (tertiary/aromatic N) is 2. The molecular formula is C21H20BrF2N3OS. The number of hydrogen-bond donors (Lipinski definition) is 1. The monoisotopic (exact) mass is 479 g/mol. The lowest BCUT2D eigenvalue weighted by molar-refractivity contribution is 0.0966. The van der Waals surface area contributed by atoms with Crippen LogP contribution in [0.1, 0.15) is 33.0 Å². The van der Waals surface area contributed by atoms with Crippen molar-refractivity contribution in [2.75, 3.05) is 6.54 Å². The zero-order chi connectivity index (χ0) is 20.5. The lowest BCUT2D eigenvalue weighted by atomic mass is 9.93. The summed E-state index contributed by atoms with van der Waals surface area (Å²) in [6.07, 6.45) is 4.08. The number of aryl methyl sites for hydroxylation is 2. The molecule has 2 aromatic heterocycles. The van der Waals surface area contributed by atoms with Crippen LogP contribution < -0.4 is 5.73 Å². The summed E-state index contributed by atoms with van der Waals surface area (Å²) in [5.74, 6) is -1.23. The van der Waals surface area contributed by atoms with Gasteiger partial charge in [0.2, 0.25) is 0 Å². The molecule has 0 saturated carbocycles. The third-order valence-electron chi connectivity index (χ3n) is 5.23. The summed E-state index contributed by atoms with van der Waals surface area (Å²) in [4.78, 5) is 14.8. The summed E-state index contributed by atoms with van der Waals surface area (Å²) in [5, 5.41) is 4.40. The van der Waals surface area contributed by atoms with Crippen LogP contribution in [0.5, 0.6) is 0 Å². The summed E-state index contributed by atoms with van der Waals surface area (Å²) >= 11 is 5.07. The SMILES string of the molecule is NCC(CC(=O)c1cc2c(s1)CCCn1ncc(Br)c1-2)Cc1cc(F)ccc1F. The minimum Gasteiger partial charge on any atom is -0.330 e. The largest absolute Gasteiger partial charge is 0.330 e. The van der Waals surface area contributed by atoms with E-state index in [0.29, 0.717) is 4.88 Å². The maximum atomic E-state index is 14.0. The lowest BCUT2D eigenvalue weighted by Crippen LogP contribution is -2.21. The number of thiophene rings is 1. The maximum absolute atomic E-state index is 14.0. The van der Waals surface area contributed by atoms with Gasteiger partial charge in [0.1, 0.15) is 11.6 Å². The minimum absolute atomic E-state index is 0.0162. The predicted octanol–water partition coefficient (Wildman–Crippen LogP) is 4.99.